The van der Waals surface area contributed by atoms with E-state index in [1.165, 1.54) is 0 Å². The maximum atomic E-state index is 12.1. The van der Waals surface area contributed by atoms with Crippen LogP contribution in [0.25, 0.3) is 0 Å². The van der Waals surface area contributed by atoms with E-state index in [2.05, 4.69) is 20.8 Å². The normalized spacial score (nSPS) is 20.5. The summed E-state index contributed by atoms with van der Waals surface area (Å²) < 4.78 is 0. The van der Waals surface area contributed by atoms with Gasteiger partial charge in [0.05, 0.1) is 0 Å². The Balaban J connectivity index is 2.52. The van der Waals surface area contributed by atoms with Gasteiger partial charge in [0.25, 0.3) is 0 Å². The number of ketones is 1. The minimum absolute atomic E-state index is 0.191. The fourth-order valence-corrected chi connectivity index (χ4v) is 2.07. The van der Waals surface area contributed by atoms with Gasteiger partial charge in [0.2, 0.25) is 5.91 Å². The monoisotopic (exact) mass is 239 g/mol. The number of rotatable bonds is 2. The molecule has 0 bridgehead atoms. The predicted octanol–water partition coefficient (Wildman–Crippen LogP) is 2.64. The van der Waals surface area contributed by atoms with Gasteiger partial charge in [-0.15, -0.1) is 0 Å². The van der Waals surface area contributed by atoms with E-state index in [-0.39, 0.29) is 22.5 Å². The Labute approximate surface area is 105 Å². The highest BCUT2D eigenvalue weighted by molar-refractivity contribution is 5.87. The zero-order valence-electron chi connectivity index (χ0n) is 11.8. The summed E-state index contributed by atoms with van der Waals surface area (Å²) in [5.41, 5.74) is -0.174. The molecule has 98 valence electrons. The first kappa shape index (κ1) is 14.2. The Bertz CT molecular complexity index is 313. The number of Topliss-reactive ketones (excluding diaryl/α,β-unsaturated/α-hetero) is 1. The van der Waals surface area contributed by atoms with Crippen LogP contribution in [0.2, 0.25) is 0 Å². The predicted molar refractivity (Wildman–Crippen MR) is 68.7 cm³/mol. The van der Waals surface area contributed by atoms with Gasteiger partial charge in [-0.05, 0) is 11.8 Å². The molecular weight excluding hydrogens is 214 g/mol. The maximum absolute atomic E-state index is 12.1. The molecule has 1 aliphatic rings. The van der Waals surface area contributed by atoms with E-state index in [9.17, 15) is 9.59 Å². The van der Waals surface area contributed by atoms with Crippen molar-refractivity contribution in [1.82, 2.24) is 4.90 Å². The molecule has 1 fully saturated rings. The lowest BCUT2D eigenvalue weighted by Gasteiger charge is -2.37. The van der Waals surface area contributed by atoms with Crippen LogP contribution in [0.4, 0.5) is 0 Å². The summed E-state index contributed by atoms with van der Waals surface area (Å²) in [6.07, 6.45) is 2.00. The second-order valence-electron chi connectivity index (χ2n) is 6.93. The zero-order chi connectivity index (χ0) is 13.3. The van der Waals surface area contributed by atoms with Crippen LogP contribution in [0.5, 0.6) is 0 Å². The highest BCUT2D eigenvalue weighted by Gasteiger charge is 2.35. The highest BCUT2D eigenvalue weighted by Crippen LogP contribution is 2.27. The molecule has 3 nitrogen and oxygen atoms in total. The first-order chi connectivity index (χ1) is 7.62. The molecule has 0 radical (unpaired) electrons. The quantitative estimate of drug-likeness (QED) is 0.743. The summed E-state index contributed by atoms with van der Waals surface area (Å²) in [5, 5.41) is 0. The Morgan fingerprint density at radius 2 is 1.94 bits per heavy atom. The van der Waals surface area contributed by atoms with Crippen molar-refractivity contribution in [2.75, 3.05) is 13.1 Å². The highest BCUT2D eigenvalue weighted by atomic mass is 16.2. The first-order valence-electron chi connectivity index (χ1n) is 6.43. The maximum Gasteiger partial charge on any atom is 0.222 e. The van der Waals surface area contributed by atoms with Crippen LogP contribution in [-0.4, -0.2) is 29.7 Å². The van der Waals surface area contributed by atoms with E-state index in [1.807, 2.05) is 18.7 Å². The van der Waals surface area contributed by atoms with E-state index in [4.69, 9.17) is 0 Å². The minimum Gasteiger partial charge on any atom is -0.341 e. The van der Waals surface area contributed by atoms with E-state index in [1.54, 1.807) is 0 Å². The molecule has 1 aliphatic heterocycles. The van der Waals surface area contributed by atoms with Crippen LogP contribution in [0, 0.1) is 10.8 Å². The van der Waals surface area contributed by atoms with Crippen LogP contribution in [0.3, 0.4) is 0 Å². The lowest BCUT2D eigenvalue weighted by Crippen LogP contribution is -2.48. The van der Waals surface area contributed by atoms with Gasteiger partial charge >= 0.3 is 0 Å². The smallest absolute Gasteiger partial charge is 0.222 e. The van der Waals surface area contributed by atoms with Crippen molar-refractivity contribution in [3.8, 4) is 0 Å². The molecule has 1 amide bonds. The molecule has 0 aromatic heterocycles. The molecule has 0 unspecified atom stereocenters. The Kier molecular flexibility index (Phi) is 4.00. The van der Waals surface area contributed by atoms with Gasteiger partial charge in [-0.3, -0.25) is 9.59 Å². The SMILES string of the molecule is CC(C)(C)CCC(=O)N1CCC(=O)C(C)(C)C1. The van der Waals surface area contributed by atoms with Crippen LogP contribution in [-0.2, 0) is 9.59 Å². The molecule has 0 spiro atoms. The van der Waals surface area contributed by atoms with E-state index in [0.29, 0.717) is 25.9 Å². The summed E-state index contributed by atoms with van der Waals surface area (Å²) >= 11 is 0. The number of hydrogen-bond donors (Lipinski definition) is 0. The van der Waals surface area contributed by atoms with Gasteiger partial charge in [-0.25, -0.2) is 0 Å². The third-order valence-corrected chi connectivity index (χ3v) is 3.39. The van der Waals surface area contributed by atoms with Gasteiger partial charge in [-0.1, -0.05) is 34.6 Å². The number of piperidine rings is 1. The second kappa shape index (κ2) is 4.79. The summed E-state index contributed by atoms with van der Waals surface area (Å²) in [5.74, 6) is 0.470. The van der Waals surface area contributed by atoms with Crippen LogP contribution < -0.4 is 0 Å². The number of amides is 1. The van der Waals surface area contributed by atoms with Gasteiger partial charge in [0.15, 0.2) is 0 Å². The van der Waals surface area contributed by atoms with Crippen molar-refractivity contribution in [3.63, 3.8) is 0 Å². The molecule has 0 atom stereocenters. The second-order valence-corrected chi connectivity index (χ2v) is 6.93. The average Bonchev–Trinajstić information content (AvgIpc) is 2.17. The number of hydrogen-bond acceptors (Lipinski definition) is 2. The first-order valence-corrected chi connectivity index (χ1v) is 6.43. The van der Waals surface area contributed by atoms with Crippen molar-refractivity contribution in [1.29, 1.82) is 0 Å². The van der Waals surface area contributed by atoms with Gasteiger partial charge in [-0.2, -0.15) is 0 Å². The van der Waals surface area contributed by atoms with Crippen molar-refractivity contribution in [3.05, 3.63) is 0 Å². The molecule has 0 saturated carbocycles. The third kappa shape index (κ3) is 4.14. The van der Waals surface area contributed by atoms with Gasteiger partial charge in [0.1, 0.15) is 5.78 Å². The molecule has 1 heterocycles. The van der Waals surface area contributed by atoms with Crippen LogP contribution >= 0.6 is 0 Å². The van der Waals surface area contributed by atoms with E-state index in [0.717, 1.165) is 6.42 Å². The zero-order valence-corrected chi connectivity index (χ0v) is 11.8. The molecular formula is C14H25NO2. The fraction of sp³-hybridized carbons (Fsp3) is 0.857. The van der Waals surface area contributed by atoms with E-state index < -0.39 is 0 Å². The van der Waals surface area contributed by atoms with Crippen molar-refractivity contribution < 1.29 is 9.59 Å². The lowest BCUT2D eigenvalue weighted by atomic mass is 9.82. The fourth-order valence-electron chi connectivity index (χ4n) is 2.07. The Morgan fingerprint density at radius 3 is 2.41 bits per heavy atom. The van der Waals surface area contributed by atoms with E-state index >= 15 is 0 Å². The minimum atomic E-state index is -0.365. The lowest BCUT2D eigenvalue weighted by molar-refractivity contribution is -0.141. The summed E-state index contributed by atoms with van der Waals surface area (Å²) in [7, 11) is 0. The largest absolute Gasteiger partial charge is 0.341 e. The number of carbonyl (C=O) groups excluding carboxylic acids is 2. The molecule has 1 saturated heterocycles. The van der Waals surface area contributed by atoms with Crippen molar-refractivity contribution >= 4 is 11.7 Å². The molecule has 1 rings (SSSR count). The van der Waals surface area contributed by atoms with Gasteiger partial charge in [0, 0.05) is 31.3 Å². The summed E-state index contributed by atoms with van der Waals surface area (Å²) in [4.78, 5) is 25.6. The van der Waals surface area contributed by atoms with Crippen molar-refractivity contribution in [2.24, 2.45) is 10.8 Å². The average molecular weight is 239 g/mol. The summed E-state index contributed by atoms with van der Waals surface area (Å²) in [6, 6.07) is 0. The topological polar surface area (TPSA) is 37.4 Å². The van der Waals surface area contributed by atoms with Crippen LogP contribution in [0.1, 0.15) is 53.9 Å². The molecule has 0 aromatic rings. The molecule has 0 aliphatic carbocycles. The molecule has 3 heteroatoms. The number of carbonyl (C=O) groups is 2. The standard InChI is InChI=1S/C14H25NO2/c1-13(2,3)8-6-12(17)15-9-7-11(16)14(4,5)10-15/h6-10H2,1-5H3. The van der Waals surface area contributed by atoms with Crippen LogP contribution in [0.15, 0.2) is 0 Å². The Hall–Kier alpha value is -0.860. The number of nitrogens with zero attached hydrogens (tertiary/aromatic N) is 1. The van der Waals surface area contributed by atoms with Gasteiger partial charge < -0.3 is 4.90 Å². The third-order valence-electron chi connectivity index (χ3n) is 3.39. The summed E-state index contributed by atoms with van der Waals surface area (Å²) in [6.45, 7) is 11.5. The molecule has 17 heavy (non-hydrogen) atoms. The Morgan fingerprint density at radius 1 is 1.35 bits per heavy atom. The molecule has 0 aromatic carbocycles. The van der Waals surface area contributed by atoms with Crippen molar-refractivity contribution in [2.45, 2.75) is 53.9 Å². The number of likely N-dealkylation sites (tertiary alicyclic amines) is 1. The molecule has 0 N–H and O–H groups in total.